The molecule has 2 saturated heterocycles. The van der Waals surface area contributed by atoms with E-state index in [0.717, 1.165) is 13.2 Å². The van der Waals surface area contributed by atoms with E-state index in [9.17, 15) is 5.11 Å². The predicted molar refractivity (Wildman–Crippen MR) is 46.9 cm³/mol. The molecule has 14 heavy (non-hydrogen) atoms. The molecule has 82 valence electrons. The van der Waals surface area contributed by atoms with Gasteiger partial charge in [-0.1, -0.05) is 0 Å². The molecule has 0 radical (unpaired) electrons. The zero-order valence-electron chi connectivity index (χ0n) is 8.22. The highest BCUT2D eigenvalue weighted by atomic mass is 16.7. The van der Waals surface area contributed by atoms with E-state index in [0.29, 0.717) is 13.2 Å². The summed E-state index contributed by atoms with van der Waals surface area (Å²) in [4.78, 5) is 0. The average molecular weight is 204 g/mol. The Labute approximate surface area is 82.9 Å². The second-order valence-corrected chi connectivity index (χ2v) is 3.69. The van der Waals surface area contributed by atoms with Gasteiger partial charge >= 0.3 is 0 Å². The highest BCUT2D eigenvalue weighted by Crippen LogP contribution is 2.14. The summed E-state index contributed by atoms with van der Waals surface area (Å²) >= 11 is 0. The quantitative estimate of drug-likeness (QED) is 0.448. The maximum atomic E-state index is 9.35. The molecule has 0 aromatic heterocycles. The third-order valence-corrected chi connectivity index (χ3v) is 2.09. The minimum absolute atomic E-state index is 0.192. The lowest BCUT2D eigenvalue weighted by molar-refractivity contribution is -0.192. The van der Waals surface area contributed by atoms with Crippen molar-refractivity contribution in [2.24, 2.45) is 0 Å². The van der Waals surface area contributed by atoms with Crippen molar-refractivity contribution in [3.05, 3.63) is 0 Å². The molecule has 0 saturated carbocycles. The highest BCUT2D eigenvalue weighted by Gasteiger charge is 2.29. The predicted octanol–water partition coefficient (Wildman–Crippen LogP) is -0.476. The maximum Gasteiger partial charge on any atom is 0.183 e. The largest absolute Gasteiger partial charge is 0.388 e. The van der Waals surface area contributed by atoms with Crippen molar-refractivity contribution in [2.75, 3.05) is 26.4 Å². The fourth-order valence-corrected chi connectivity index (χ4v) is 1.06. The van der Waals surface area contributed by atoms with E-state index in [1.807, 2.05) is 0 Å². The van der Waals surface area contributed by atoms with E-state index in [-0.39, 0.29) is 12.2 Å². The zero-order chi connectivity index (χ0) is 9.97. The molecule has 0 aliphatic carbocycles. The van der Waals surface area contributed by atoms with Gasteiger partial charge in [-0.25, -0.2) is 0 Å². The van der Waals surface area contributed by atoms with Crippen molar-refractivity contribution in [2.45, 2.75) is 31.5 Å². The molecule has 5 nitrogen and oxygen atoms in total. The van der Waals surface area contributed by atoms with E-state index in [1.165, 1.54) is 0 Å². The SMILES string of the molecule is CC(O)C(OCC1CO1)OCC1CO1. The molecule has 2 aliphatic rings. The number of epoxide rings is 2. The fourth-order valence-electron chi connectivity index (χ4n) is 1.06. The molecule has 3 atom stereocenters. The van der Waals surface area contributed by atoms with Crippen LogP contribution in [0.3, 0.4) is 0 Å². The molecule has 2 heterocycles. The van der Waals surface area contributed by atoms with Gasteiger partial charge in [-0.3, -0.25) is 0 Å². The summed E-state index contributed by atoms with van der Waals surface area (Å²) in [7, 11) is 0. The molecular weight excluding hydrogens is 188 g/mol. The average Bonchev–Trinajstić information content (AvgIpc) is 3.00. The zero-order valence-corrected chi connectivity index (χ0v) is 8.22. The lowest BCUT2D eigenvalue weighted by atomic mass is 10.4. The fraction of sp³-hybridized carbons (Fsp3) is 1.00. The second-order valence-electron chi connectivity index (χ2n) is 3.69. The van der Waals surface area contributed by atoms with Gasteiger partial charge in [0.2, 0.25) is 0 Å². The topological polar surface area (TPSA) is 63.8 Å². The summed E-state index contributed by atoms with van der Waals surface area (Å²) < 4.78 is 20.7. The van der Waals surface area contributed by atoms with Crippen LogP contribution < -0.4 is 0 Å². The summed E-state index contributed by atoms with van der Waals surface area (Å²) in [6.45, 7) is 4.12. The van der Waals surface area contributed by atoms with Gasteiger partial charge in [0, 0.05) is 0 Å². The highest BCUT2D eigenvalue weighted by molar-refractivity contribution is 4.70. The first-order valence-electron chi connectivity index (χ1n) is 4.90. The maximum absolute atomic E-state index is 9.35. The standard InChI is InChI=1S/C9H16O5/c1-6(10)9(13-4-7-2-11-7)14-5-8-3-12-8/h6-10H,2-5H2,1H3. The second kappa shape index (κ2) is 4.55. The normalized spacial score (nSPS) is 33.9. The Hall–Kier alpha value is -0.200. The van der Waals surface area contributed by atoms with Crippen molar-refractivity contribution in [1.29, 1.82) is 0 Å². The van der Waals surface area contributed by atoms with Gasteiger partial charge in [0.15, 0.2) is 6.29 Å². The number of ether oxygens (including phenoxy) is 4. The molecule has 0 spiro atoms. The van der Waals surface area contributed by atoms with Crippen LogP contribution in [0.2, 0.25) is 0 Å². The molecule has 2 aliphatic heterocycles. The Morgan fingerprint density at radius 3 is 1.93 bits per heavy atom. The summed E-state index contributed by atoms with van der Waals surface area (Å²) in [5, 5.41) is 9.35. The summed E-state index contributed by atoms with van der Waals surface area (Å²) in [6, 6.07) is 0. The van der Waals surface area contributed by atoms with Crippen LogP contribution in [0.5, 0.6) is 0 Å². The van der Waals surface area contributed by atoms with Crippen molar-refractivity contribution in [3.8, 4) is 0 Å². The summed E-state index contributed by atoms with van der Waals surface area (Å²) in [5.41, 5.74) is 0. The molecule has 0 amide bonds. The van der Waals surface area contributed by atoms with Crippen molar-refractivity contribution >= 4 is 0 Å². The van der Waals surface area contributed by atoms with Gasteiger partial charge in [-0.2, -0.15) is 0 Å². The lowest BCUT2D eigenvalue weighted by Gasteiger charge is -2.20. The minimum Gasteiger partial charge on any atom is -0.388 e. The van der Waals surface area contributed by atoms with Crippen LogP contribution in [0.1, 0.15) is 6.92 Å². The first-order chi connectivity index (χ1) is 6.75. The van der Waals surface area contributed by atoms with Crippen molar-refractivity contribution in [3.63, 3.8) is 0 Å². The van der Waals surface area contributed by atoms with Crippen LogP contribution in [0.25, 0.3) is 0 Å². The van der Waals surface area contributed by atoms with Gasteiger partial charge in [0.1, 0.15) is 18.3 Å². The number of hydrogen-bond acceptors (Lipinski definition) is 5. The van der Waals surface area contributed by atoms with E-state index in [4.69, 9.17) is 18.9 Å². The first kappa shape index (κ1) is 10.3. The van der Waals surface area contributed by atoms with E-state index in [1.54, 1.807) is 6.92 Å². The van der Waals surface area contributed by atoms with Gasteiger partial charge < -0.3 is 24.1 Å². The third-order valence-electron chi connectivity index (χ3n) is 2.09. The Bertz CT molecular complexity index is 160. The van der Waals surface area contributed by atoms with E-state index < -0.39 is 12.4 Å². The van der Waals surface area contributed by atoms with Crippen LogP contribution >= 0.6 is 0 Å². The Kier molecular flexibility index (Phi) is 3.35. The Morgan fingerprint density at radius 1 is 1.21 bits per heavy atom. The smallest absolute Gasteiger partial charge is 0.183 e. The molecule has 0 bridgehead atoms. The Balaban J connectivity index is 1.62. The molecule has 3 unspecified atom stereocenters. The van der Waals surface area contributed by atoms with Crippen LogP contribution in [0, 0.1) is 0 Å². The Morgan fingerprint density at radius 2 is 1.64 bits per heavy atom. The van der Waals surface area contributed by atoms with Gasteiger partial charge in [-0.15, -0.1) is 0 Å². The molecule has 0 aromatic rings. The lowest BCUT2D eigenvalue weighted by Crippen LogP contribution is -2.32. The van der Waals surface area contributed by atoms with Crippen molar-refractivity contribution in [1.82, 2.24) is 0 Å². The third kappa shape index (κ3) is 3.51. The van der Waals surface area contributed by atoms with Crippen LogP contribution in [-0.4, -0.2) is 56.1 Å². The van der Waals surface area contributed by atoms with E-state index in [2.05, 4.69) is 0 Å². The minimum atomic E-state index is -0.632. The van der Waals surface area contributed by atoms with Gasteiger partial charge in [-0.05, 0) is 6.92 Å². The molecule has 2 fully saturated rings. The summed E-state index contributed by atoms with van der Waals surface area (Å²) in [6.07, 6.45) is -0.815. The van der Waals surface area contributed by atoms with E-state index >= 15 is 0 Å². The first-order valence-corrected chi connectivity index (χ1v) is 4.90. The molecule has 1 N–H and O–H groups in total. The number of aliphatic hydroxyl groups is 1. The monoisotopic (exact) mass is 204 g/mol. The molecule has 0 aromatic carbocycles. The number of aliphatic hydroxyl groups excluding tert-OH is 1. The molecular formula is C9H16O5. The number of hydrogen-bond donors (Lipinski definition) is 1. The van der Waals surface area contributed by atoms with Crippen molar-refractivity contribution < 1.29 is 24.1 Å². The molecule has 5 heteroatoms. The van der Waals surface area contributed by atoms with Gasteiger partial charge in [0.05, 0.1) is 26.4 Å². The van der Waals surface area contributed by atoms with Gasteiger partial charge in [0.25, 0.3) is 0 Å². The number of rotatable bonds is 7. The van der Waals surface area contributed by atoms with Crippen LogP contribution in [0.4, 0.5) is 0 Å². The summed E-state index contributed by atoms with van der Waals surface area (Å²) in [5.74, 6) is 0. The van der Waals surface area contributed by atoms with Crippen LogP contribution in [-0.2, 0) is 18.9 Å². The molecule has 2 rings (SSSR count). The van der Waals surface area contributed by atoms with Crippen LogP contribution in [0.15, 0.2) is 0 Å².